The highest BCUT2D eigenvalue weighted by Gasteiger charge is 2.35. The number of halogens is 2. The van der Waals surface area contributed by atoms with Crippen molar-refractivity contribution in [2.24, 2.45) is 0 Å². The first-order valence-corrected chi connectivity index (χ1v) is 7.34. The van der Waals surface area contributed by atoms with Crippen LogP contribution in [0.2, 0.25) is 0 Å². The van der Waals surface area contributed by atoms with Gasteiger partial charge in [0.25, 0.3) is 0 Å². The van der Waals surface area contributed by atoms with Gasteiger partial charge in [0.1, 0.15) is 12.5 Å². The summed E-state index contributed by atoms with van der Waals surface area (Å²) in [7, 11) is 0. The van der Waals surface area contributed by atoms with Gasteiger partial charge in [-0.2, -0.15) is 0 Å². The summed E-state index contributed by atoms with van der Waals surface area (Å²) in [5.41, 5.74) is 0.192. The third-order valence-corrected chi connectivity index (χ3v) is 3.31. The van der Waals surface area contributed by atoms with Crippen molar-refractivity contribution in [3.05, 3.63) is 59.1 Å². The maximum atomic E-state index is 13.6. The average Bonchev–Trinajstić information content (AvgIpc) is 2.57. The molecule has 0 amide bonds. The van der Waals surface area contributed by atoms with Crippen molar-refractivity contribution in [2.75, 3.05) is 13.2 Å². The fourth-order valence-corrected chi connectivity index (χ4v) is 2.30. The maximum Gasteiger partial charge on any atom is 0.338 e. The summed E-state index contributed by atoms with van der Waals surface area (Å²) in [6.07, 6.45) is 2.24. The Morgan fingerprint density at radius 1 is 1.00 bits per heavy atom. The molecule has 0 unspecified atom stereocenters. The van der Waals surface area contributed by atoms with Crippen molar-refractivity contribution >= 4 is 11.9 Å². The Bertz CT molecular complexity index is 675. The molecule has 0 N–H and O–H groups in total. The van der Waals surface area contributed by atoms with Gasteiger partial charge in [-0.1, -0.05) is 6.07 Å². The van der Waals surface area contributed by atoms with E-state index in [1.165, 1.54) is 6.07 Å². The molecule has 0 atom stereocenters. The normalized spacial score (nSPS) is 14.3. The highest BCUT2D eigenvalue weighted by molar-refractivity contribution is 5.98. The van der Waals surface area contributed by atoms with E-state index in [4.69, 9.17) is 14.2 Å². The van der Waals surface area contributed by atoms with Crippen molar-refractivity contribution < 1.29 is 32.6 Å². The molecule has 1 heterocycles. The van der Waals surface area contributed by atoms with E-state index in [1.54, 1.807) is 13.8 Å². The molecule has 7 heteroatoms. The highest BCUT2D eigenvalue weighted by atomic mass is 19.2. The molecule has 0 spiro atoms. The Kier molecular flexibility index (Phi) is 5.68. The molecule has 1 aromatic carbocycles. The van der Waals surface area contributed by atoms with Crippen LogP contribution in [0.25, 0.3) is 0 Å². The molecule has 0 aliphatic carbocycles. The summed E-state index contributed by atoms with van der Waals surface area (Å²) in [5.74, 6) is -4.55. The van der Waals surface area contributed by atoms with E-state index in [0.29, 0.717) is 0 Å². The zero-order valence-electron chi connectivity index (χ0n) is 13.2. The number of hydrogen-bond acceptors (Lipinski definition) is 5. The number of benzene rings is 1. The standard InChI is InChI=1S/C17H16F2O5/c1-3-23-16(20)11-8-22-9-12(17(21)24-4-2)15(11)10-5-6-13(18)14(19)7-10/h5-9,15H,3-4H2,1-2H3. The number of carbonyl (C=O) groups excluding carboxylic acids is 2. The van der Waals surface area contributed by atoms with E-state index < -0.39 is 29.5 Å². The van der Waals surface area contributed by atoms with Crippen LogP contribution in [0.15, 0.2) is 41.9 Å². The third-order valence-electron chi connectivity index (χ3n) is 3.31. The smallest absolute Gasteiger partial charge is 0.338 e. The van der Waals surface area contributed by atoms with Crippen molar-refractivity contribution in [3.63, 3.8) is 0 Å². The summed E-state index contributed by atoms with van der Waals surface area (Å²) >= 11 is 0. The molecule has 1 aromatic rings. The van der Waals surface area contributed by atoms with Gasteiger partial charge in [-0.25, -0.2) is 18.4 Å². The lowest BCUT2D eigenvalue weighted by Crippen LogP contribution is -2.24. The first kappa shape index (κ1) is 17.7. The number of hydrogen-bond donors (Lipinski definition) is 0. The number of rotatable bonds is 5. The van der Waals surface area contributed by atoms with E-state index in [2.05, 4.69) is 0 Å². The lowest BCUT2D eigenvalue weighted by molar-refractivity contribution is -0.139. The summed E-state index contributed by atoms with van der Waals surface area (Å²) < 4.78 is 41.7. The molecular formula is C17H16F2O5. The molecule has 1 aliphatic heterocycles. The van der Waals surface area contributed by atoms with Crippen LogP contribution in [0, 0.1) is 11.6 Å². The summed E-state index contributed by atoms with van der Waals surface area (Å²) in [4.78, 5) is 24.3. The van der Waals surface area contributed by atoms with E-state index in [0.717, 1.165) is 24.7 Å². The van der Waals surface area contributed by atoms with Crippen LogP contribution in [-0.4, -0.2) is 25.2 Å². The second kappa shape index (κ2) is 7.72. The average molecular weight is 338 g/mol. The quantitative estimate of drug-likeness (QED) is 0.773. The Morgan fingerprint density at radius 2 is 1.54 bits per heavy atom. The van der Waals surface area contributed by atoms with Crippen molar-refractivity contribution in [3.8, 4) is 0 Å². The third kappa shape index (κ3) is 3.61. The topological polar surface area (TPSA) is 61.8 Å². The minimum atomic E-state index is -1.09. The predicted molar refractivity (Wildman–Crippen MR) is 79.6 cm³/mol. The van der Waals surface area contributed by atoms with E-state index >= 15 is 0 Å². The van der Waals surface area contributed by atoms with Crippen LogP contribution in [0.4, 0.5) is 8.78 Å². The molecule has 24 heavy (non-hydrogen) atoms. The van der Waals surface area contributed by atoms with Gasteiger partial charge < -0.3 is 14.2 Å². The molecule has 1 aliphatic rings. The lowest BCUT2D eigenvalue weighted by atomic mass is 9.84. The molecule has 0 saturated carbocycles. The first-order chi connectivity index (χ1) is 11.5. The van der Waals surface area contributed by atoms with Crippen LogP contribution in [0.3, 0.4) is 0 Å². The Labute approximate surface area is 137 Å². The number of ether oxygens (including phenoxy) is 3. The van der Waals surface area contributed by atoms with Gasteiger partial charge >= 0.3 is 11.9 Å². The van der Waals surface area contributed by atoms with Crippen molar-refractivity contribution in [1.82, 2.24) is 0 Å². The molecule has 2 rings (SSSR count). The van der Waals surface area contributed by atoms with Crippen molar-refractivity contribution in [2.45, 2.75) is 19.8 Å². The van der Waals surface area contributed by atoms with E-state index in [9.17, 15) is 18.4 Å². The van der Waals surface area contributed by atoms with Crippen molar-refractivity contribution in [1.29, 1.82) is 0 Å². The van der Waals surface area contributed by atoms with Gasteiger partial charge in [-0.15, -0.1) is 0 Å². The SMILES string of the molecule is CCOC(=O)C1=COC=C(C(=O)OCC)C1c1ccc(F)c(F)c1. The van der Waals surface area contributed by atoms with Gasteiger partial charge in [-0.05, 0) is 31.5 Å². The Hall–Kier alpha value is -2.70. The number of esters is 2. The summed E-state index contributed by atoms with van der Waals surface area (Å²) in [5, 5.41) is 0. The van der Waals surface area contributed by atoms with Gasteiger partial charge in [0, 0.05) is 0 Å². The van der Waals surface area contributed by atoms with Crippen LogP contribution >= 0.6 is 0 Å². The monoisotopic (exact) mass is 338 g/mol. The van der Waals surface area contributed by atoms with E-state index in [1.807, 2.05) is 0 Å². The van der Waals surface area contributed by atoms with Crippen LogP contribution in [0.5, 0.6) is 0 Å². The van der Waals surface area contributed by atoms with Gasteiger partial charge in [0.2, 0.25) is 0 Å². The summed E-state index contributed by atoms with van der Waals surface area (Å²) in [6, 6.07) is 3.13. The second-order valence-corrected chi connectivity index (χ2v) is 4.83. The molecule has 0 fully saturated rings. The zero-order valence-corrected chi connectivity index (χ0v) is 13.2. The van der Waals surface area contributed by atoms with Crippen LogP contribution in [0.1, 0.15) is 25.3 Å². The second-order valence-electron chi connectivity index (χ2n) is 4.83. The predicted octanol–water partition coefficient (Wildman–Crippen LogP) is 2.97. The minimum Gasteiger partial charge on any atom is -0.471 e. The molecule has 0 saturated heterocycles. The highest BCUT2D eigenvalue weighted by Crippen LogP contribution is 2.36. The largest absolute Gasteiger partial charge is 0.471 e. The molecule has 0 aromatic heterocycles. The molecular weight excluding hydrogens is 322 g/mol. The van der Waals surface area contributed by atoms with Crippen LogP contribution in [-0.2, 0) is 23.8 Å². The number of carbonyl (C=O) groups is 2. The Balaban J connectivity index is 2.49. The van der Waals surface area contributed by atoms with Gasteiger partial charge in [0.15, 0.2) is 11.6 Å². The molecule has 5 nitrogen and oxygen atoms in total. The maximum absolute atomic E-state index is 13.6. The summed E-state index contributed by atoms with van der Waals surface area (Å²) in [6.45, 7) is 3.46. The Morgan fingerprint density at radius 3 is 2.00 bits per heavy atom. The molecule has 0 bridgehead atoms. The first-order valence-electron chi connectivity index (χ1n) is 7.34. The van der Waals surface area contributed by atoms with Gasteiger partial charge in [-0.3, -0.25) is 0 Å². The molecule has 0 radical (unpaired) electrons. The molecule has 128 valence electrons. The fourth-order valence-electron chi connectivity index (χ4n) is 2.30. The fraction of sp³-hybridized carbons (Fsp3) is 0.294. The van der Waals surface area contributed by atoms with E-state index in [-0.39, 0.29) is 29.9 Å². The van der Waals surface area contributed by atoms with Gasteiger partial charge in [0.05, 0.1) is 30.3 Å². The minimum absolute atomic E-state index is 0.00610. The zero-order chi connectivity index (χ0) is 17.7. The lowest BCUT2D eigenvalue weighted by Gasteiger charge is -2.24. The van der Waals surface area contributed by atoms with Crippen LogP contribution < -0.4 is 0 Å².